The number of likely N-dealkylation sites (tertiary alicyclic amines) is 1. The lowest BCUT2D eigenvalue weighted by Gasteiger charge is -2.41. The first-order valence-electron chi connectivity index (χ1n) is 9.29. The normalized spacial score (nSPS) is 23.2. The zero-order valence-corrected chi connectivity index (χ0v) is 14.9. The highest BCUT2D eigenvalue weighted by molar-refractivity contribution is 5.80. The number of rotatable bonds is 4. The van der Waals surface area contributed by atoms with E-state index in [0.29, 0.717) is 12.5 Å². The van der Waals surface area contributed by atoms with Crippen molar-refractivity contribution in [3.8, 4) is 0 Å². The van der Waals surface area contributed by atoms with Gasteiger partial charge in [0.2, 0.25) is 5.91 Å². The first-order valence-corrected chi connectivity index (χ1v) is 9.29. The maximum atomic E-state index is 13.1. The van der Waals surface area contributed by atoms with Gasteiger partial charge in [-0.05, 0) is 50.6 Å². The van der Waals surface area contributed by atoms with Gasteiger partial charge < -0.3 is 9.80 Å². The summed E-state index contributed by atoms with van der Waals surface area (Å²) in [6, 6.07) is 6.80. The molecule has 1 unspecified atom stereocenters. The van der Waals surface area contributed by atoms with E-state index in [1.54, 1.807) is 12.1 Å². The maximum Gasteiger partial charge on any atom is 0.227 e. The summed E-state index contributed by atoms with van der Waals surface area (Å²) in [5, 5.41) is 0. The third kappa shape index (κ3) is 3.49. The molecule has 2 aliphatic rings. The van der Waals surface area contributed by atoms with Crippen LogP contribution in [0.1, 0.15) is 51.0 Å². The predicted octanol–water partition coefficient (Wildman–Crippen LogP) is 3.62. The highest BCUT2D eigenvalue weighted by Crippen LogP contribution is 2.43. The maximum absolute atomic E-state index is 13.1. The van der Waals surface area contributed by atoms with E-state index in [0.717, 1.165) is 37.9 Å². The molecule has 0 aromatic heterocycles. The average molecular weight is 332 g/mol. The van der Waals surface area contributed by atoms with Crippen molar-refractivity contribution in [3.05, 3.63) is 35.6 Å². The number of hydrogen-bond donors (Lipinski definition) is 0. The number of hydrogen-bond acceptors (Lipinski definition) is 2. The summed E-state index contributed by atoms with van der Waals surface area (Å²) in [5.74, 6) is -0.0451. The van der Waals surface area contributed by atoms with Gasteiger partial charge in [0.1, 0.15) is 5.82 Å². The monoisotopic (exact) mass is 332 g/mol. The van der Waals surface area contributed by atoms with Crippen molar-refractivity contribution in [2.24, 2.45) is 0 Å². The van der Waals surface area contributed by atoms with Gasteiger partial charge in [0, 0.05) is 18.1 Å². The van der Waals surface area contributed by atoms with Crippen molar-refractivity contribution in [1.82, 2.24) is 9.80 Å². The SMILES string of the molecule is CCN(C)C1CN(C(=O)Cc2ccc(F)cc2)C2(CCCCC2)C1. The second-order valence-electron chi connectivity index (χ2n) is 7.52. The summed E-state index contributed by atoms with van der Waals surface area (Å²) >= 11 is 0. The lowest BCUT2D eigenvalue weighted by Crippen LogP contribution is -2.49. The molecule has 1 aromatic rings. The van der Waals surface area contributed by atoms with Gasteiger partial charge in [-0.15, -0.1) is 0 Å². The minimum atomic E-state index is -0.249. The standard InChI is InChI=1S/C20H29FN2O/c1-3-22(2)18-14-20(11-5-4-6-12-20)23(15-18)19(24)13-16-7-9-17(21)10-8-16/h7-10,18H,3-6,11-15H2,1-2H3. The Labute approximate surface area is 144 Å². The molecule has 3 rings (SSSR count). The highest BCUT2D eigenvalue weighted by Gasteiger charge is 2.48. The molecule has 1 atom stereocenters. The lowest BCUT2D eigenvalue weighted by atomic mass is 9.79. The van der Waals surface area contributed by atoms with Crippen LogP contribution in [0.5, 0.6) is 0 Å². The van der Waals surface area contributed by atoms with E-state index in [4.69, 9.17) is 0 Å². The molecule has 0 radical (unpaired) electrons. The molecule has 3 nitrogen and oxygen atoms in total. The molecule has 1 spiro atoms. The van der Waals surface area contributed by atoms with Crippen LogP contribution in [0.3, 0.4) is 0 Å². The Morgan fingerprint density at radius 2 is 1.92 bits per heavy atom. The molecule has 1 saturated heterocycles. The number of halogens is 1. The van der Waals surface area contributed by atoms with E-state index in [9.17, 15) is 9.18 Å². The highest BCUT2D eigenvalue weighted by atomic mass is 19.1. The smallest absolute Gasteiger partial charge is 0.227 e. The van der Waals surface area contributed by atoms with Crippen molar-refractivity contribution >= 4 is 5.91 Å². The van der Waals surface area contributed by atoms with Crippen molar-refractivity contribution in [2.75, 3.05) is 20.1 Å². The van der Waals surface area contributed by atoms with Crippen LogP contribution in [0.25, 0.3) is 0 Å². The van der Waals surface area contributed by atoms with Gasteiger partial charge in [-0.25, -0.2) is 4.39 Å². The fourth-order valence-electron chi connectivity index (χ4n) is 4.49. The lowest BCUT2D eigenvalue weighted by molar-refractivity contribution is -0.135. The number of carbonyl (C=O) groups excluding carboxylic acids is 1. The molecule has 1 amide bonds. The molecule has 2 fully saturated rings. The number of benzene rings is 1. The largest absolute Gasteiger partial charge is 0.335 e. The van der Waals surface area contributed by atoms with E-state index in [2.05, 4.69) is 23.8 Å². The third-order valence-electron chi connectivity index (χ3n) is 6.06. The van der Waals surface area contributed by atoms with Gasteiger partial charge in [-0.1, -0.05) is 38.3 Å². The van der Waals surface area contributed by atoms with E-state index < -0.39 is 0 Å². The molecule has 1 aliphatic carbocycles. The molecule has 132 valence electrons. The average Bonchev–Trinajstić information content (AvgIpc) is 2.96. The van der Waals surface area contributed by atoms with Crippen LogP contribution in [0, 0.1) is 5.82 Å². The van der Waals surface area contributed by atoms with Gasteiger partial charge in [-0.3, -0.25) is 4.79 Å². The molecule has 1 saturated carbocycles. The van der Waals surface area contributed by atoms with Crippen LogP contribution in [0.4, 0.5) is 4.39 Å². The van der Waals surface area contributed by atoms with Gasteiger partial charge in [0.25, 0.3) is 0 Å². The van der Waals surface area contributed by atoms with Crippen LogP contribution >= 0.6 is 0 Å². The predicted molar refractivity (Wildman–Crippen MR) is 94.3 cm³/mol. The van der Waals surface area contributed by atoms with Crippen molar-refractivity contribution in [2.45, 2.75) is 63.5 Å². The van der Waals surface area contributed by atoms with Crippen LogP contribution in [-0.2, 0) is 11.2 Å². The first-order chi connectivity index (χ1) is 11.5. The Bertz CT molecular complexity index is 566. The molecule has 1 heterocycles. The van der Waals surface area contributed by atoms with Crippen LogP contribution < -0.4 is 0 Å². The Morgan fingerprint density at radius 1 is 1.25 bits per heavy atom. The summed E-state index contributed by atoms with van der Waals surface area (Å²) in [6.45, 7) is 4.03. The molecular weight excluding hydrogens is 303 g/mol. The van der Waals surface area contributed by atoms with Gasteiger partial charge >= 0.3 is 0 Å². The zero-order valence-electron chi connectivity index (χ0n) is 14.9. The van der Waals surface area contributed by atoms with Crippen LogP contribution in [0.15, 0.2) is 24.3 Å². The number of nitrogens with zero attached hydrogens (tertiary/aromatic N) is 2. The van der Waals surface area contributed by atoms with E-state index in [-0.39, 0.29) is 17.3 Å². The van der Waals surface area contributed by atoms with Crippen molar-refractivity contribution < 1.29 is 9.18 Å². The van der Waals surface area contributed by atoms with Crippen molar-refractivity contribution in [1.29, 1.82) is 0 Å². The Kier molecular flexibility index (Phi) is 5.24. The third-order valence-corrected chi connectivity index (χ3v) is 6.06. The Balaban J connectivity index is 1.77. The summed E-state index contributed by atoms with van der Waals surface area (Å²) in [4.78, 5) is 17.6. The molecule has 0 N–H and O–H groups in total. The summed E-state index contributed by atoms with van der Waals surface area (Å²) in [7, 11) is 2.16. The van der Waals surface area contributed by atoms with Gasteiger partial charge in [0.05, 0.1) is 6.42 Å². The first kappa shape index (κ1) is 17.4. The van der Waals surface area contributed by atoms with E-state index >= 15 is 0 Å². The fraction of sp³-hybridized carbons (Fsp3) is 0.650. The minimum absolute atomic E-state index is 0.0590. The number of likely N-dealkylation sites (N-methyl/N-ethyl adjacent to an activating group) is 1. The molecule has 1 aromatic carbocycles. The molecule has 1 aliphatic heterocycles. The van der Waals surface area contributed by atoms with Crippen LogP contribution in [-0.4, -0.2) is 47.4 Å². The van der Waals surface area contributed by atoms with Gasteiger partial charge in [0.15, 0.2) is 0 Å². The van der Waals surface area contributed by atoms with Crippen LogP contribution in [0.2, 0.25) is 0 Å². The van der Waals surface area contributed by atoms with E-state index in [1.807, 2.05) is 0 Å². The zero-order chi connectivity index (χ0) is 17.2. The summed E-state index contributed by atoms with van der Waals surface area (Å²) in [6.07, 6.45) is 7.49. The molecule has 24 heavy (non-hydrogen) atoms. The Morgan fingerprint density at radius 3 is 2.54 bits per heavy atom. The quantitative estimate of drug-likeness (QED) is 0.841. The molecular formula is C20H29FN2O. The van der Waals surface area contributed by atoms with Crippen molar-refractivity contribution in [3.63, 3.8) is 0 Å². The Hall–Kier alpha value is -1.42. The summed E-state index contributed by atoms with van der Waals surface area (Å²) in [5.41, 5.74) is 0.961. The number of amides is 1. The number of carbonyl (C=O) groups is 1. The fourth-order valence-corrected chi connectivity index (χ4v) is 4.49. The topological polar surface area (TPSA) is 23.6 Å². The minimum Gasteiger partial charge on any atom is -0.335 e. The van der Waals surface area contributed by atoms with E-state index in [1.165, 1.54) is 31.4 Å². The van der Waals surface area contributed by atoms with Gasteiger partial charge in [-0.2, -0.15) is 0 Å². The second kappa shape index (κ2) is 7.22. The molecule has 0 bridgehead atoms. The second-order valence-corrected chi connectivity index (χ2v) is 7.52. The summed E-state index contributed by atoms with van der Waals surface area (Å²) < 4.78 is 13.1. The molecule has 4 heteroatoms.